The number of nitrogens with two attached hydrogens (primary N) is 1. The van der Waals surface area contributed by atoms with Crippen LogP contribution in [-0.2, 0) is 24.3 Å². The van der Waals surface area contributed by atoms with Gasteiger partial charge in [0.25, 0.3) is 0 Å². The van der Waals surface area contributed by atoms with Crippen LogP contribution in [0.2, 0.25) is 0 Å². The highest BCUT2D eigenvalue weighted by Crippen LogP contribution is 2.33. The molecule has 1 aliphatic heterocycles. The second kappa shape index (κ2) is 6.11. The first-order chi connectivity index (χ1) is 11.1. The highest BCUT2D eigenvalue weighted by molar-refractivity contribution is 5.76. The Balaban J connectivity index is 1.77. The highest BCUT2D eigenvalue weighted by atomic mass is 16.5. The summed E-state index contributed by atoms with van der Waals surface area (Å²) in [5.74, 6) is 1.41. The normalized spacial score (nSPS) is 13.6. The zero-order chi connectivity index (χ0) is 16.4. The molecule has 0 bridgehead atoms. The number of nitrogen functional groups attached to an aromatic ring is 1. The molecule has 0 saturated heterocycles. The van der Waals surface area contributed by atoms with Crippen LogP contribution in [0.4, 0.5) is 5.95 Å². The predicted molar refractivity (Wildman–Crippen MR) is 80.9 cm³/mol. The van der Waals surface area contributed by atoms with Gasteiger partial charge in [-0.2, -0.15) is 0 Å². The molecule has 0 fully saturated rings. The molecule has 0 radical (unpaired) electrons. The summed E-state index contributed by atoms with van der Waals surface area (Å²) in [5, 5.41) is 10.7. The van der Waals surface area contributed by atoms with Crippen LogP contribution in [0.15, 0.2) is 12.1 Å². The first-order valence-corrected chi connectivity index (χ1v) is 7.15. The number of ether oxygens (including phenoxy) is 2. The number of carbonyl (C=O) groups is 1. The van der Waals surface area contributed by atoms with Gasteiger partial charge >= 0.3 is 0 Å². The van der Waals surface area contributed by atoms with E-state index in [0.717, 1.165) is 17.5 Å². The van der Waals surface area contributed by atoms with E-state index in [9.17, 15) is 4.79 Å². The van der Waals surface area contributed by atoms with Crippen molar-refractivity contribution in [1.29, 1.82) is 0 Å². The number of aromatic nitrogens is 4. The molecular weight excluding hydrogens is 300 g/mol. The molecule has 0 unspecified atom stereocenters. The maximum atomic E-state index is 12.4. The van der Waals surface area contributed by atoms with Crippen LogP contribution < -0.4 is 15.2 Å². The van der Waals surface area contributed by atoms with Crippen LogP contribution in [0.3, 0.4) is 0 Å². The van der Waals surface area contributed by atoms with Crippen molar-refractivity contribution in [2.75, 3.05) is 26.5 Å². The summed E-state index contributed by atoms with van der Waals surface area (Å²) >= 11 is 0. The molecule has 2 N–H and O–H groups in total. The van der Waals surface area contributed by atoms with Gasteiger partial charge < -0.3 is 20.1 Å². The molecule has 122 valence electrons. The van der Waals surface area contributed by atoms with Crippen molar-refractivity contribution < 1.29 is 14.3 Å². The van der Waals surface area contributed by atoms with Gasteiger partial charge in [-0.1, -0.05) is 5.10 Å². The molecule has 23 heavy (non-hydrogen) atoms. The van der Waals surface area contributed by atoms with E-state index in [1.54, 1.807) is 19.1 Å². The third kappa shape index (κ3) is 2.89. The number of benzene rings is 1. The Morgan fingerprint density at radius 2 is 1.96 bits per heavy atom. The van der Waals surface area contributed by atoms with Gasteiger partial charge in [0.2, 0.25) is 11.9 Å². The molecule has 1 aliphatic rings. The predicted octanol–water partition coefficient (Wildman–Crippen LogP) is -0.143. The largest absolute Gasteiger partial charge is 0.493 e. The van der Waals surface area contributed by atoms with Gasteiger partial charge in [-0.25, -0.2) is 4.68 Å². The van der Waals surface area contributed by atoms with Crippen molar-refractivity contribution in [2.24, 2.45) is 0 Å². The van der Waals surface area contributed by atoms with Crippen molar-refractivity contribution >= 4 is 11.9 Å². The molecule has 1 amide bonds. The summed E-state index contributed by atoms with van der Waals surface area (Å²) in [7, 11) is 3.20. The lowest BCUT2D eigenvalue weighted by atomic mass is 9.98. The van der Waals surface area contributed by atoms with Crippen molar-refractivity contribution in [2.45, 2.75) is 19.5 Å². The van der Waals surface area contributed by atoms with Crippen LogP contribution in [0, 0.1) is 0 Å². The van der Waals surface area contributed by atoms with Gasteiger partial charge in [-0.05, 0) is 40.1 Å². The number of hydrogen-bond acceptors (Lipinski definition) is 7. The standard InChI is InChI=1S/C14H18N6O3/c1-22-11-5-9-3-4-19(7-10(9)6-12(11)23-2)13(21)8-20-14(15)16-17-18-20/h5-6H,3-4,7-8H2,1-2H3,(H2,15,16,18). The maximum absolute atomic E-state index is 12.4. The number of anilines is 1. The van der Waals surface area contributed by atoms with E-state index in [1.807, 2.05) is 12.1 Å². The molecule has 0 spiro atoms. The van der Waals surface area contributed by atoms with Crippen LogP contribution >= 0.6 is 0 Å². The van der Waals surface area contributed by atoms with Crippen molar-refractivity contribution in [3.05, 3.63) is 23.3 Å². The van der Waals surface area contributed by atoms with Gasteiger partial charge in [0.05, 0.1) is 14.2 Å². The van der Waals surface area contributed by atoms with Gasteiger partial charge in [-0.15, -0.1) is 0 Å². The van der Waals surface area contributed by atoms with Crippen LogP contribution in [-0.4, -0.2) is 51.8 Å². The van der Waals surface area contributed by atoms with Crippen molar-refractivity contribution in [1.82, 2.24) is 25.1 Å². The molecule has 1 aromatic heterocycles. The van der Waals surface area contributed by atoms with E-state index < -0.39 is 0 Å². The Bertz CT molecular complexity index is 729. The fourth-order valence-electron chi connectivity index (χ4n) is 2.65. The SMILES string of the molecule is COc1cc2c(cc1OC)CN(C(=O)Cn1nnnc1N)CC2. The smallest absolute Gasteiger partial charge is 0.244 e. The highest BCUT2D eigenvalue weighted by Gasteiger charge is 2.23. The minimum Gasteiger partial charge on any atom is -0.493 e. The van der Waals surface area contributed by atoms with Gasteiger partial charge in [0.15, 0.2) is 11.5 Å². The number of hydrogen-bond donors (Lipinski definition) is 1. The summed E-state index contributed by atoms with van der Waals surface area (Å²) in [5.41, 5.74) is 7.80. The second-order valence-corrected chi connectivity index (χ2v) is 5.24. The number of carbonyl (C=O) groups excluding carboxylic acids is 1. The fraction of sp³-hybridized carbons (Fsp3) is 0.429. The Kier molecular flexibility index (Phi) is 4.00. The number of tetrazole rings is 1. The monoisotopic (exact) mass is 318 g/mol. The topological polar surface area (TPSA) is 108 Å². The Hall–Kier alpha value is -2.84. The van der Waals surface area contributed by atoms with Gasteiger partial charge in [0, 0.05) is 13.1 Å². The zero-order valence-corrected chi connectivity index (χ0v) is 13.0. The first-order valence-electron chi connectivity index (χ1n) is 7.15. The van der Waals surface area contributed by atoms with Gasteiger partial charge in [0.1, 0.15) is 6.54 Å². The number of fused-ring (bicyclic) bond motifs is 1. The zero-order valence-electron chi connectivity index (χ0n) is 13.0. The lowest BCUT2D eigenvalue weighted by Crippen LogP contribution is -2.38. The molecular formula is C14H18N6O3. The summed E-state index contributed by atoms with van der Waals surface area (Å²) in [4.78, 5) is 14.2. The maximum Gasteiger partial charge on any atom is 0.244 e. The quantitative estimate of drug-likeness (QED) is 0.835. The Labute approximate surface area is 133 Å². The van der Waals surface area contributed by atoms with E-state index in [1.165, 1.54) is 4.68 Å². The molecule has 2 aromatic rings. The Morgan fingerprint density at radius 1 is 1.26 bits per heavy atom. The Morgan fingerprint density at radius 3 is 2.57 bits per heavy atom. The average molecular weight is 318 g/mol. The second-order valence-electron chi connectivity index (χ2n) is 5.24. The third-order valence-electron chi connectivity index (χ3n) is 3.92. The van der Waals surface area contributed by atoms with Crippen LogP contribution in [0.25, 0.3) is 0 Å². The number of rotatable bonds is 4. The van der Waals surface area contributed by atoms with E-state index in [0.29, 0.717) is 24.6 Å². The molecule has 3 rings (SSSR count). The summed E-state index contributed by atoms with van der Waals surface area (Å²) < 4.78 is 11.9. The molecule has 9 nitrogen and oxygen atoms in total. The van der Waals surface area contributed by atoms with Crippen molar-refractivity contribution in [3.63, 3.8) is 0 Å². The third-order valence-corrected chi connectivity index (χ3v) is 3.92. The van der Waals surface area contributed by atoms with Crippen molar-refractivity contribution in [3.8, 4) is 11.5 Å². The lowest BCUT2D eigenvalue weighted by molar-refractivity contribution is -0.132. The average Bonchev–Trinajstić information content (AvgIpc) is 2.97. The minimum absolute atomic E-state index is 0.0292. The summed E-state index contributed by atoms with van der Waals surface area (Å²) in [6, 6.07) is 3.88. The minimum atomic E-state index is -0.0792. The van der Waals surface area contributed by atoms with Crippen LogP contribution in [0.1, 0.15) is 11.1 Å². The number of nitrogens with zero attached hydrogens (tertiary/aromatic N) is 5. The fourth-order valence-corrected chi connectivity index (χ4v) is 2.65. The van der Waals surface area contributed by atoms with E-state index in [4.69, 9.17) is 15.2 Å². The van der Waals surface area contributed by atoms with Gasteiger partial charge in [-0.3, -0.25) is 4.79 Å². The number of methoxy groups -OCH3 is 2. The molecule has 2 heterocycles. The summed E-state index contributed by atoms with van der Waals surface area (Å²) in [6.45, 7) is 1.17. The molecule has 0 saturated carbocycles. The molecule has 1 aromatic carbocycles. The molecule has 0 aliphatic carbocycles. The first kappa shape index (κ1) is 15.1. The number of amides is 1. The lowest BCUT2D eigenvalue weighted by Gasteiger charge is -2.29. The molecule has 0 atom stereocenters. The van der Waals surface area contributed by atoms with Crippen LogP contribution in [0.5, 0.6) is 11.5 Å². The summed E-state index contributed by atoms with van der Waals surface area (Å²) in [6.07, 6.45) is 0.756. The van der Waals surface area contributed by atoms with E-state index in [2.05, 4.69) is 15.5 Å². The van der Waals surface area contributed by atoms with E-state index >= 15 is 0 Å². The van der Waals surface area contributed by atoms with E-state index in [-0.39, 0.29) is 18.4 Å². The molecule has 9 heteroatoms.